The summed E-state index contributed by atoms with van der Waals surface area (Å²) in [6.45, 7) is 6.37. The molecule has 4 heteroatoms. The number of benzene rings is 2. The maximum absolute atomic E-state index is 13.2. The van der Waals surface area contributed by atoms with Crippen molar-refractivity contribution in [2.24, 2.45) is 5.92 Å². The molecule has 1 heterocycles. The zero-order valence-corrected chi connectivity index (χ0v) is 18.1. The summed E-state index contributed by atoms with van der Waals surface area (Å²) in [7, 11) is 0. The fourth-order valence-electron chi connectivity index (χ4n) is 5.05. The summed E-state index contributed by atoms with van der Waals surface area (Å²) >= 11 is 0. The number of amides is 1. The van der Waals surface area contributed by atoms with Crippen LogP contribution in [0.1, 0.15) is 51.0 Å². The summed E-state index contributed by atoms with van der Waals surface area (Å²) in [5.41, 5.74) is 1.56. The molecule has 0 spiro atoms. The van der Waals surface area contributed by atoms with Gasteiger partial charge in [0.2, 0.25) is 5.91 Å². The lowest BCUT2D eigenvalue weighted by Crippen LogP contribution is -2.37. The fourth-order valence-corrected chi connectivity index (χ4v) is 5.05. The number of ether oxygens (including phenoxy) is 1. The Bertz CT molecular complexity index is 813. The van der Waals surface area contributed by atoms with E-state index < -0.39 is 5.41 Å². The number of piperidine rings is 1. The van der Waals surface area contributed by atoms with Gasteiger partial charge in [-0.2, -0.15) is 0 Å². The molecular weight excluding hydrogens is 372 g/mol. The van der Waals surface area contributed by atoms with Crippen LogP contribution >= 0.6 is 0 Å². The van der Waals surface area contributed by atoms with E-state index in [1.54, 1.807) is 0 Å². The van der Waals surface area contributed by atoms with Crippen LogP contribution in [0.4, 0.5) is 5.69 Å². The van der Waals surface area contributed by atoms with Gasteiger partial charge in [-0.25, -0.2) is 0 Å². The van der Waals surface area contributed by atoms with Crippen LogP contribution in [0, 0.1) is 5.92 Å². The van der Waals surface area contributed by atoms with Crippen molar-refractivity contribution in [2.45, 2.75) is 50.9 Å². The Kier molecular flexibility index (Phi) is 6.73. The molecule has 0 aromatic heterocycles. The Hall–Kier alpha value is -2.33. The van der Waals surface area contributed by atoms with E-state index in [2.05, 4.69) is 29.3 Å². The Morgan fingerprint density at radius 2 is 1.80 bits per heavy atom. The van der Waals surface area contributed by atoms with Crippen LogP contribution in [-0.2, 0) is 10.2 Å². The van der Waals surface area contributed by atoms with Crippen molar-refractivity contribution in [3.05, 3.63) is 60.2 Å². The molecule has 0 radical (unpaired) electrons. The summed E-state index contributed by atoms with van der Waals surface area (Å²) in [5.74, 6) is 1.76. The second-order valence-electron chi connectivity index (χ2n) is 9.03. The molecule has 1 aliphatic heterocycles. The van der Waals surface area contributed by atoms with Crippen molar-refractivity contribution in [2.75, 3.05) is 31.6 Å². The number of likely N-dealkylation sites (tertiary alicyclic amines) is 1. The zero-order valence-electron chi connectivity index (χ0n) is 18.1. The molecule has 160 valence electrons. The Balaban J connectivity index is 1.32. The summed E-state index contributed by atoms with van der Waals surface area (Å²) in [6.07, 6.45) is 6.67. The van der Waals surface area contributed by atoms with E-state index in [4.69, 9.17) is 4.74 Å². The van der Waals surface area contributed by atoms with Crippen LogP contribution < -0.4 is 10.1 Å². The van der Waals surface area contributed by atoms with Gasteiger partial charge in [0.15, 0.2) is 0 Å². The average Bonchev–Trinajstić information content (AvgIpc) is 3.27. The van der Waals surface area contributed by atoms with Crippen molar-refractivity contribution in [1.29, 1.82) is 0 Å². The molecule has 30 heavy (non-hydrogen) atoms. The number of carbonyl (C=O) groups is 1. The quantitative estimate of drug-likeness (QED) is 0.683. The molecule has 2 aromatic carbocycles. The van der Waals surface area contributed by atoms with Gasteiger partial charge in [-0.1, -0.05) is 50.1 Å². The molecule has 1 atom stereocenters. The Morgan fingerprint density at radius 3 is 2.50 bits per heavy atom. The molecule has 1 saturated heterocycles. The van der Waals surface area contributed by atoms with Crippen LogP contribution in [0.15, 0.2) is 54.6 Å². The predicted octanol–water partition coefficient (Wildman–Crippen LogP) is 5.25. The summed E-state index contributed by atoms with van der Waals surface area (Å²) in [6, 6.07) is 18.0. The fraction of sp³-hybridized carbons (Fsp3) is 0.500. The number of carbonyl (C=O) groups excluding carboxylic acids is 1. The lowest BCUT2D eigenvalue weighted by molar-refractivity contribution is -0.121. The maximum atomic E-state index is 13.2. The van der Waals surface area contributed by atoms with Crippen LogP contribution in [-0.4, -0.2) is 37.0 Å². The van der Waals surface area contributed by atoms with Gasteiger partial charge in [0.1, 0.15) is 12.4 Å². The average molecular weight is 407 g/mol. The highest BCUT2D eigenvalue weighted by molar-refractivity contribution is 5.99. The molecule has 1 aliphatic carbocycles. The Labute approximate surface area is 180 Å². The van der Waals surface area contributed by atoms with Crippen molar-refractivity contribution in [1.82, 2.24) is 4.90 Å². The number of anilines is 1. The monoisotopic (exact) mass is 406 g/mol. The predicted molar refractivity (Wildman–Crippen MR) is 122 cm³/mol. The standard InChI is InChI=1S/C26H34N2O2/c1-21-8-7-17-28(20-21)18-19-30-24-13-11-23(12-14-24)27-25(29)26(15-5-6-16-26)22-9-3-2-4-10-22/h2-4,9-14,21H,5-8,15-20H2,1H3,(H,27,29)/t21-/m0/s1. The number of hydrogen-bond acceptors (Lipinski definition) is 3. The number of hydrogen-bond donors (Lipinski definition) is 1. The van der Waals surface area contributed by atoms with E-state index in [-0.39, 0.29) is 5.91 Å². The van der Waals surface area contributed by atoms with Crippen LogP contribution in [0.5, 0.6) is 5.75 Å². The molecule has 2 aliphatic rings. The third-order valence-electron chi connectivity index (χ3n) is 6.75. The summed E-state index contributed by atoms with van der Waals surface area (Å²) in [5, 5.41) is 3.16. The second kappa shape index (κ2) is 9.65. The van der Waals surface area contributed by atoms with Crippen LogP contribution in [0.25, 0.3) is 0 Å². The van der Waals surface area contributed by atoms with Crippen LogP contribution in [0.2, 0.25) is 0 Å². The first-order valence-electron chi connectivity index (χ1n) is 11.5. The molecule has 2 aromatic rings. The SMILES string of the molecule is C[C@H]1CCCN(CCOc2ccc(NC(=O)C3(c4ccccc4)CCCC3)cc2)C1. The van der Waals surface area contributed by atoms with E-state index in [1.807, 2.05) is 42.5 Å². The molecule has 4 nitrogen and oxygen atoms in total. The first-order chi connectivity index (χ1) is 14.7. The van der Waals surface area contributed by atoms with E-state index >= 15 is 0 Å². The minimum Gasteiger partial charge on any atom is -0.492 e. The molecule has 4 rings (SSSR count). The van der Waals surface area contributed by atoms with Gasteiger partial charge < -0.3 is 10.1 Å². The first-order valence-corrected chi connectivity index (χ1v) is 11.5. The smallest absolute Gasteiger partial charge is 0.235 e. The third kappa shape index (κ3) is 4.86. The van der Waals surface area contributed by atoms with Gasteiger partial charge in [-0.15, -0.1) is 0 Å². The van der Waals surface area contributed by atoms with E-state index in [0.29, 0.717) is 6.61 Å². The first kappa shape index (κ1) is 20.9. The van der Waals surface area contributed by atoms with Crippen LogP contribution in [0.3, 0.4) is 0 Å². The molecular formula is C26H34N2O2. The highest BCUT2D eigenvalue weighted by Crippen LogP contribution is 2.42. The van der Waals surface area contributed by atoms with E-state index in [1.165, 1.54) is 25.9 Å². The lowest BCUT2D eigenvalue weighted by Gasteiger charge is -2.30. The van der Waals surface area contributed by atoms with Gasteiger partial charge in [0, 0.05) is 18.8 Å². The highest BCUT2D eigenvalue weighted by atomic mass is 16.5. The number of nitrogens with zero attached hydrogens (tertiary/aromatic N) is 1. The Morgan fingerprint density at radius 1 is 1.07 bits per heavy atom. The molecule has 1 amide bonds. The largest absolute Gasteiger partial charge is 0.492 e. The third-order valence-corrected chi connectivity index (χ3v) is 6.75. The van der Waals surface area contributed by atoms with Crippen molar-refractivity contribution >= 4 is 11.6 Å². The summed E-state index contributed by atoms with van der Waals surface area (Å²) < 4.78 is 5.94. The topological polar surface area (TPSA) is 41.6 Å². The molecule has 0 unspecified atom stereocenters. The number of nitrogens with one attached hydrogen (secondary N) is 1. The van der Waals surface area contributed by atoms with Gasteiger partial charge >= 0.3 is 0 Å². The van der Waals surface area contributed by atoms with E-state index in [9.17, 15) is 4.79 Å². The second-order valence-corrected chi connectivity index (χ2v) is 9.03. The maximum Gasteiger partial charge on any atom is 0.235 e. The van der Waals surface area contributed by atoms with Gasteiger partial charge in [-0.05, 0) is 68.0 Å². The normalized spacial score (nSPS) is 21.3. The van der Waals surface area contributed by atoms with Gasteiger partial charge in [0.05, 0.1) is 5.41 Å². The number of rotatable bonds is 7. The van der Waals surface area contributed by atoms with E-state index in [0.717, 1.165) is 55.1 Å². The van der Waals surface area contributed by atoms with Crippen molar-refractivity contribution in [3.8, 4) is 5.75 Å². The zero-order chi connectivity index (χ0) is 20.8. The molecule has 1 N–H and O–H groups in total. The summed E-state index contributed by atoms with van der Waals surface area (Å²) in [4.78, 5) is 15.7. The van der Waals surface area contributed by atoms with Crippen molar-refractivity contribution < 1.29 is 9.53 Å². The van der Waals surface area contributed by atoms with Gasteiger partial charge in [0.25, 0.3) is 0 Å². The molecule has 0 bridgehead atoms. The molecule has 2 fully saturated rings. The highest BCUT2D eigenvalue weighted by Gasteiger charge is 2.42. The molecule has 1 saturated carbocycles. The minimum atomic E-state index is -0.401. The minimum absolute atomic E-state index is 0.110. The van der Waals surface area contributed by atoms with Crippen molar-refractivity contribution in [3.63, 3.8) is 0 Å². The lowest BCUT2D eigenvalue weighted by atomic mass is 9.78. The van der Waals surface area contributed by atoms with Gasteiger partial charge in [-0.3, -0.25) is 9.69 Å².